The first-order chi connectivity index (χ1) is 19.0. The minimum absolute atomic E-state index is 0.168. The van der Waals surface area contributed by atoms with Crippen molar-refractivity contribution in [3.8, 4) is 11.3 Å². The van der Waals surface area contributed by atoms with Crippen LogP contribution in [0.25, 0.3) is 11.3 Å². The number of aromatic nitrogens is 1. The van der Waals surface area contributed by atoms with Crippen molar-refractivity contribution in [3.63, 3.8) is 0 Å². The van der Waals surface area contributed by atoms with Crippen LogP contribution in [0.15, 0.2) is 72.9 Å². The van der Waals surface area contributed by atoms with Gasteiger partial charge in [0, 0.05) is 35.1 Å². The molecule has 1 aromatic heterocycles. The van der Waals surface area contributed by atoms with Gasteiger partial charge in [-0.15, -0.1) is 0 Å². The van der Waals surface area contributed by atoms with Crippen LogP contribution in [-0.4, -0.2) is 36.2 Å². The van der Waals surface area contributed by atoms with Gasteiger partial charge in [0.15, 0.2) is 0 Å². The van der Waals surface area contributed by atoms with E-state index in [4.69, 9.17) is 9.47 Å². The zero-order valence-electron chi connectivity index (χ0n) is 22.7. The van der Waals surface area contributed by atoms with E-state index in [-0.39, 0.29) is 13.2 Å². The Labute approximate surface area is 231 Å². The van der Waals surface area contributed by atoms with Crippen LogP contribution in [0, 0.1) is 0 Å². The topological polar surface area (TPSA) is 68.7 Å². The summed E-state index contributed by atoms with van der Waals surface area (Å²) in [5.74, 6) is -1.32. The number of rotatable bonds is 8. The molecule has 0 fully saturated rings. The standard InChI is InChI=1S/C31H31F3N2O4/c1-5-39-28(37)16-13-24-25-17-21(26-14-10-22(18-35-26)31(32,33)34)9-15-27(25)36(29(24)30(38)40-6-2)23-11-7-20(8-12-23)19(3)4/h7-19,24,29H,5-6H2,1-4H3. The van der Waals surface area contributed by atoms with Crippen molar-refractivity contribution in [1.29, 1.82) is 0 Å². The molecule has 3 aromatic rings. The second kappa shape index (κ2) is 11.9. The zero-order chi connectivity index (χ0) is 29.0. The average molecular weight is 553 g/mol. The van der Waals surface area contributed by atoms with Gasteiger partial charge < -0.3 is 14.4 Å². The lowest BCUT2D eigenvalue weighted by Gasteiger charge is -2.28. The summed E-state index contributed by atoms with van der Waals surface area (Å²) in [5, 5.41) is 0. The first-order valence-corrected chi connectivity index (χ1v) is 13.1. The molecular weight excluding hydrogens is 521 g/mol. The predicted octanol–water partition coefficient (Wildman–Crippen LogP) is 7.18. The number of ether oxygens (including phenoxy) is 2. The maximum atomic E-state index is 13.4. The molecule has 0 radical (unpaired) electrons. The molecule has 0 spiro atoms. The molecule has 6 nitrogen and oxygen atoms in total. The number of alkyl halides is 3. The van der Waals surface area contributed by atoms with Crippen LogP contribution >= 0.6 is 0 Å². The number of carbonyl (C=O) groups excluding carboxylic acids is 2. The summed E-state index contributed by atoms with van der Waals surface area (Å²) in [4.78, 5) is 31.5. The van der Waals surface area contributed by atoms with Gasteiger partial charge in [-0.3, -0.25) is 4.98 Å². The lowest BCUT2D eigenvalue weighted by molar-refractivity contribution is -0.145. The number of hydrogen-bond acceptors (Lipinski definition) is 6. The third-order valence-corrected chi connectivity index (χ3v) is 6.74. The SMILES string of the molecule is CCOC(=O)C=CC1c2cc(-c3ccc(C(F)(F)F)cn3)ccc2N(c2ccc(C(C)C)cc2)C1C(=O)OCC. The van der Waals surface area contributed by atoms with E-state index >= 15 is 0 Å². The first kappa shape index (κ1) is 28.9. The Balaban J connectivity index is 1.85. The van der Waals surface area contributed by atoms with Crippen molar-refractivity contribution in [3.05, 3.63) is 89.6 Å². The number of esters is 2. The van der Waals surface area contributed by atoms with Gasteiger partial charge in [-0.1, -0.05) is 38.1 Å². The summed E-state index contributed by atoms with van der Waals surface area (Å²) in [7, 11) is 0. The van der Waals surface area contributed by atoms with Gasteiger partial charge in [0.1, 0.15) is 6.04 Å². The van der Waals surface area contributed by atoms with Crippen molar-refractivity contribution < 1.29 is 32.2 Å². The largest absolute Gasteiger partial charge is 0.464 e. The number of halogens is 3. The van der Waals surface area contributed by atoms with E-state index in [1.165, 1.54) is 12.1 Å². The molecule has 1 aliphatic rings. The van der Waals surface area contributed by atoms with Crippen molar-refractivity contribution in [2.75, 3.05) is 18.1 Å². The molecule has 9 heteroatoms. The van der Waals surface area contributed by atoms with Gasteiger partial charge in [-0.05, 0) is 67.3 Å². The zero-order valence-corrected chi connectivity index (χ0v) is 22.7. The Morgan fingerprint density at radius 1 is 1.00 bits per heavy atom. The molecular formula is C31H31F3N2O4. The number of anilines is 2. The van der Waals surface area contributed by atoms with E-state index in [1.807, 2.05) is 35.2 Å². The molecule has 0 amide bonds. The molecule has 0 bridgehead atoms. The number of hydrogen-bond donors (Lipinski definition) is 0. The number of fused-ring (bicyclic) bond motifs is 1. The fourth-order valence-electron chi connectivity index (χ4n) is 4.79. The first-order valence-electron chi connectivity index (χ1n) is 13.1. The molecule has 0 saturated heterocycles. The Morgan fingerprint density at radius 2 is 1.70 bits per heavy atom. The molecule has 40 heavy (non-hydrogen) atoms. The number of carbonyl (C=O) groups is 2. The molecule has 1 aliphatic heterocycles. The van der Waals surface area contributed by atoms with Gasteiger partial charge in [0.05, 0.1) is 24.5 Å². The van der Waals surface area contributed by atoms with E-state index in [0.717, 1.165) is 23.5 Å². The molecule has 2 atom stereocenters. The van der Waals surface area contributed by atoms with Gasteiger partial charge in [0.25, 0.3) is 0 Å². The van der Waals surface area contributed by atoms with Crippen LogP contribution < -0.4 is 4.90 Å². The molecule has 2 aromatic carbocycles. The molecule has 0 N–H and O–H groups in total. The molecule has 0 aliphatic carbocycles. The van der Waals surface area contributed by atoms with Crippen LogP contribution in [0.2, 0.25) is 0 Å². The van der Waals surface area contributed by atoms with Crippen LogP contribution in [0.3, 0.4) is 0 Å². The lowest BCUT2D eigenvalue weighted by atomic mass is 9.92. The highest BCUT2D eigenvalue weighted by molar-refractivity contribution is 5.92. The van der Waals surface area contributed by atoms with Crippen LogP contribution in [-0.2, 0) is 25.2 Å². The average Bonchev–Trinajstić information content (AvgIpc) is 3.25. The Hall–Kier alpha value is -4.14. The van der Waals surface area contributed by atoms with Crippen molar-refractivity contribution in [2.24, 2.45) is 0 Å². The van der Waals surface area contributed by atoms with E-state index < -0.39 is 35.6 Å². The van der Waals surface area contributed by atoms with Gasteiger partial charge >= 0.3 is 18.1 Å². The predicted molar refractivity (Wildman–Crippen MR) is 146 cm³/mol. The third kappa shape index (κ3) is 6.03. The van der Waals surface area contributed by atoms with E-state index in [1.54, 1.807) is 32.1 Å². The second-order valence-corrected chi connectivity index (χ2v) is 9.65. The van der Waals surface area contributed by atoms with Crippen LogP contribution in [0.5, 0.6) is 0 Å². The Bertz CT molecular complexity index is 1380. The van der Waals surface area contributed by atoms with Gasteiger partial charge in [0.2, 0.25) is 0 Å². The Morgan fingerprint density at radius 3 is 2.27 bits per heavy atom. The van der Waals surface area contributed by atoms with E-state index in [9.17, 15) is 22.8 Å². The summed E-state index contributed by atoms with van der Waals surface area (Å²) in [6.45, 7) is 7.97. The summed E-state index contributed by atoms with van der Waals surface area (Å²) < 4.78 is 49.8. The highest BCUT2D eigenvalue weighted by atomic mass is 19.4. The van der Waals surface area contributed by atoms with Crippen molar-refractivity contribution in [1.82, 2.24) is 4.98 Å². The van der Waals surface area contributed by atoms with Crippen LogP contribution in [0.1, 0.15) is 56.2 Å². The maximum absolute atomic E-state index is 13.4. The quantitative estimate of drug-likeness (QED) is 0.218. The monoisotopic (exact) mass is 552 g/mol. The van der Waals surface area contributed by atoms with Crippen molar-refractivity contribution >= 4 is 23.3 Å². The minimum Gasteiger partial charge on any atom is -0.464 e. The fraction of sp³-hybridized carbons (Fsp3) is 0.323. The molecule has 0 saturated carbocycles. The highest BCUT2D eigenvalue weighted by Crippen LogP contribution is 2.48. The number of nitrogens with zero attached hydrogens (tertiary/aromatic N) is 2. The number of pyridine rings is 1. The summed E-state index contributed by atoms with van der Waals surface area (Å²) >= 11 is 0. The van der Waals surface area contributed by atoms with E-state index in [2.05, 4.69) is 18.8 Å². The molecule has 4 rings (SSSR count). The summed E-state index contributed by atoms with van der Waals surface area (Å²) in [6.07, 6.45) is -0.793. The van der Waals surface area contributed by atoms with Gasteiger partial charge in [-0.25, -0.2) is 9.59 Å². The molecule has 2 unspecified atom stereocenters. The van der Waals surface area contributed by atoms with Gasteiger partial charge in [-0.2, -0.15) is 13.2 Å². The minimum atomic E-state index is -4.50. The maximum Gasteiger partial charge on any atom is 0.417 e. The normalized spacial score (nSPS) is 16.9. The molecule has 2 heterocycles. The van der Waals surface area contributed by atoms with Crippen LogP contribution in [0.4, 0.5) is 24.5 Å². The lowest BCUT2D eigenvalue weighted by Crippen LogP contribution is -2.38. The smallest absolute Gasteiger partial charge is 0.417 e. The second-order valence-electron chi connectivity index (χ2n) is 9.65. The number of benzene rings is 2. The summed E-state index contributed by atoms with van der Waals surface area (Å²) in [6, 6.07) is 14.7. The van der Waals surface area contributed by atoms with E-state index in [0.29, 0.717) is 28.4 Å². The highest BCUT2D eigenvalue weighted by Gasteiger charge is 2.44. The van der Waals surface area contributed by atoms with Crippen molar-refractivity contribution in [2.45, 2.75) is 51.7 Å². The fourth-order valence-corrected chi connectivity index (χ4v) is 4.79. The third-order valence-electron chi connectivity index (χ3n) is 6.74. The Kier molecular flexibility index (Phi) is 8.61. The molecule has 210 valence electrons. The summed E-state index contributed by atoms with van der Waals surface area (Å²) in [5.41, 5.74) is 3.38.